The van der Waals surface area contributed by atoms with Crippen molar-refractivity contribution in [2.75, 3.05) is 27.2 Å². The highest BCUT2D eigenvalue weighted by molar-refractivity contribution is 5.91. The molecule has 0 saturated heterocycles. The smallest absolute Gasteiger partial charge is 0.227 e. The number of hydrogen-bond acceptors (Lipinski definition) is 2. The van der Waals surface area contributed by atoms with Crippen molar-refractivity contribution in [1.82, 2.24) is 14.8 Å². The average molecular weight is 381 g/mol. The molecule has 3 aromatic rings. The third kappa shape index (κ3) is 4.60. The van der Waals surface area contributed by atoms with E-state index in [-0.39, 0.29) is 11.7 Å². The van der Waals surface area contributed by atoms with Gasteiger partial charge in [0, 0.05) is 36.2 Å². The number of nitrogens with zero attached hydrogens (tertiary/aromatic N) is 2. The van der Waals surface area contributed by atoms with Gasteiger partial charge in [-0.25, -0.2) is 4.39 Å². The number of likely N-dealkylation sites (N-methyl/N-ethyl adjacent to an activating group) is 1. The molecular weight excluding hydrogens is 353 g/mol. The van der Waals surface area contributed by atoms with E-state index in [0.717, 1.165) is 34.3 Å². The van der Waals surface area contributed by atoms with E-state index >= 15 is 0 Å². The lowest BCUT2D eigenvalue weighted by Gasteiger charge is -2.25. The number of benzene rings is 2. The van der Waals surface area contributed by atoms with Gasteiger partial charge in [-0.05, 0) is 56.8 Å². The van der Waals surface area contributed by atoms with Gasteiger partial charge in [-0.2, -0.15) is 0 Å². The summed E-state index contributed by atoms with van der Waals surface area (Å²) < 4.78 is 13.2. The number of para-hydroxylation sites is 1. The van der Waals surface area contributed by atoms with Crippen LogP contribution in [0.25, 0.3) is 10.9 Å². The second-order valence-corrected chi connectivity index (χ2v) is 7.65. The van der Waals surface area contributed by atoms with Gasteiger partial charge in [0.1, 0.15) is 5.82 Å². The van der Waals surface area contributed by atoms with Gasteiger partial charge in [-0.15, -0.1) is 0 Å². The lowest BCUT2D eigenvalue weighted by Crippen LogP contribution is -2.37. The van der Waals surface area contributed by atoms with Crippen molar-refractivity contribution in [2.45, 2.75) is 26.8 Å². The summed E-state index contributed by atoms with van der Waals surface area (Å²) in [5.41, 5.74) is 5.29. The normalized spacial score (nSPS) is 11.4. The first kappa shape index (κ1) is 20.1. The van der Waals surface area contributed by atoms with Crippen molar-refractivity contribution >= 4 is 16.8 Å². The average Bonchev–Trinajstić information content (AvgIpc) is 2.97. The molecule has 5 heteroatoms. The Morgan fingerprint density at radius 1 is 1.04 bits per heavy atom. The van der Waals surface area contributed by atoms with Crippen molar-refractivity contribution < 1.29 is 9.18 Å². The maximum Gasteiger partial charge on any atom is 0.227 e. The molecule has 0 saturated carbocycles. The molecule has 3 rings (SSSR count). The Labute approximate surface area is 166 Å². The minimum absolute atomic E-state index is 0.0803. The van der Waals surface area contributed by atoms with Crippen LogP contribution in [0.1, 0.15) is 22.4 Å². The van der Waals surface area contributed by atoms with Crippen LogP contribution in [0.4, 0.5) is 4.39 Å². The quantitative estimate of drug-likeness (QED) is 0.670. The monoisotopic (exact) mass is 381 g/mol. The highest BCUT2D eigenvalue weighted by Gasteiger charge is 2.19. The Balaban J connectivity index is 1.83. The number of fused-ring (bicyclic) bond motifs is 1. The van der Waals surface area contributed by atoms with E-state index in [1.807, 2.05) is 32.0 Å². The number of rotatable bonds is 7. The highest BCUT2D eigenvalue weighted by Crippen LogP contribution is 2.25. The first-order valence-electron chi connectivity index (χ1n) is 9.59. The molecule has 2 aromatic carbocycles. The highest BCUT2D eigenvalue weighted by atomic mass is 19.1. The largest absolute Gasteiger partial charge is 0.358 e. The third-order valence-electron chi connectivity index (χ3n) is 5.15. The van der Waals surface area contributed by atoms with Gasteiger partial charge in [0.15, 0.2) is 0 Å². The number of carbonyl (C=O) groups excluding carboxylic acids is 1. The zero-order valence-electron chi connectivity index (χ0n) is 17.1. The Morgan fingerprint density at radius 2 is 1.75 bits per heavy atom. The van der Waals surface area contributed by atoms with Gasteiger partial charge in [-0.1, -0.05) is 30.3 Å². The number of halogens is 1. The predicted octanol–water partition coefficient (Wildman–Crippen LogP) is 4.06. The van der Waals surface area contributed by atoms with Crippen LogP contribution >= 0.6 is 0 Å². The van der Waals surface area contributed by atoms with Crippen LogP contribution in [0.15, 0.2) is 42.5 Å². The summed E-state index contributed by atoms with van der Waals surface area (Å²) in [7, 11) is 3.99. The summed E-state index contributed by atoms with van der Waals surface area (Å²) in [6.07, 6.45) is 0.351. The van der Waals surface area contributed by atoms with Crippen LogP contribution in [-0.4, -0.2) is 47.9 Å². The minimum Gasteiger partial charge on any atom is -0.358 e. The minimum atomic E-state index is -0.264. The van der Waals surface area contributed by atoms with Crippen LogP contribution in [0.5, 0.6) is 0 Å². The van der Waals surface area contributed by atoms with Gasteiger partial charge < -0.3 is 14.8 Å². The number of H-pyrrole nitrogens is 1. The van der Waals surface area contributed by atoms with Crippen LogP contribution < -0.4 is 0 Å². The van der Waals surface area contributed by atoms with Gasteiger partial charge in [0.25, 0.3) is 0 Å². The molecule has 1 amide bonds. The fourth-order valence-electron chi connectivity index (χ4n) is 3.46. The summed E-state index contributed by atoms with van der Waals surface area (Å²) in [6, 6.07) is 12.5. The number of hydrogen-bond donors (Lipinski definition) is 1. The summed E-state index contributed by atoms with van der Waals surface area (Å²) in [5, 5.41) is 1.11. The second kappa shape index (κ2) is 8.57. The Bertz CT molecular complexity index is 960. The molecule has 4 nitrogen and oxygen atoms in total. The predicted molar refractivity (Wildman–Crippen MR) is 112 cm³/mol. The van der Waals surface area contributed by atoms with Gasteiger partial charge in [-0.3, -0.25) is 4.79 Å². The van der Waals surface area contributed by atoms with Crippen LogP contribution in [0.3, 0.4) is 0 Å². The number of amides is 1. The van der Waals surface area contributed by atoms with E-state index in [2.05, 4.69) is 28.9 Å². The number of aromatic amines is 1. The molecule has 1 heterocycles. The summed E-state index contributed by atoms with van der Waals surface area (Å²) in [5.74, 6) is -0.184. The number of nitrogens with one attached hydrogen (secondary N) is 1. The Kier molecular flexibility index (Phi) is 6.15. The molecule has 0 bridgehead atoms. The van der Waals surface area contributed by atoms with Gasteiger partial charge >= 0.3 is 0 Å². The fourth-order valence-corrected chi connectivity index (χ4v) is 3.46. The van der Waals surface area contributed by atoms with E-state index < -0.39 is 0 Å². The molecule has 1 aromatic heterocycles. The van der Waals surface area contributed by atoms with Crippen molar-refractivity contribution in [1.29, 1.82) is 0 Å². The van der Waals surface area contributed by atoms with Crippen molar-refractivity contribution in [2.24, 2.45) is 0 Å². The number of aromatic nitrogens is 1. The first-order chi connectivity index (χ1) is 13.3. The second-order valence-electron chi connectivity index (χ2n) is 7.65. The molecular formula is C23H28FN3O. The number of carbonyl (C=O) groups is 1. The molecule has 0 aliphatic carbocycles. The van der Waals surface area contributed by atoms with E-state index in [1.165, 1.54) is 17.7 Å². The lowest BCUT2D eigenvalue weighted by molar-refractivity contribution is -0.131. The van der Waals surface area contributed by atoms with Crippen molar-refractivity contribution in [3.8, 4) is 0 Å². The van der Waals surface area contributed by atoms with E-state index in [0.29, 0.717) is 19.5 Å². The maximum absolute atomic E-state index is 13.2. The Hall–Kier alpha value is -2.66. The molecule has 0 unspecified atom stereocenters. The molecule has 0 aliphatic heterocycles. The topological polar surface area (TPSA) is 39.3 Å². The SMILES string of the molecule is Cc1[nH]c2c(C)cccc2c1CC(=O)N(CCN(C)C)Cc1ccc(F)cc1. The van der Waals surface area contributed by atoms with Crippen LogP contribution in [0.2, 0.25) is 0 Å². The van der Waals surface area contributed by atoms with Gasteiger partial charge in [0.2, 0.25) is 5.91 Å². The summed E-state index contributed by atoms with van der Waals surface area (Å²) in [6.45, 7) is 5.98. The standard InChI is InChI=1S/C23H28FN3O/c1-16-6-5-7-20-21(17(2)25-23(16)20)14-22(28)27(13-12-26(3)4)15-18-8-10-19(24)11-9-18/h5-11,25H,12-15H2,1-4H3. The molecule has 0 fully saturated rings. The van der Waals surface area contributed by atoms with Crippen molar-refractivity contribution in [3.63, 3.8) is 0 Å². The molecule has 0 aliphatic rings. The Morgan fingerprint density at radius 3 is 2.43 bits per heavy atom. The van der Waals surface area contributed by atoms with Crippen molar-refractivity contribution in [3.05, 3.63) is 70.7 Å². The maximum atomic E-state index is 13.2. The van der Waals surface area contributed by atoms with E-state index in [1.54, 1.807) is 12.1 Å². The first-order valence-corrected chi connectivity index (χ1v) is 9.59. The molecule has 28 heavy (non-hydrogen) atoms. The van der Waals surface area contributed by atoms with E-state index in [4.69, 9.17) is 0 Å². The third-order valence-corrected chi connectivity index (χ3v) is 5.15. The molecule has 148 valence electrons. The van der Waals surface area contributed by atoms with Crippen LogP contribution in [-0.2, 0) is 17.8 Å². The zero-order chi connectivity index (χ0) is 20.3. The summed E-state index contributed by atoms with van der Waals surface area (Å²) in [4.78, 5) is 20.5. The van der Waals surface area contributed by atoms with Gasteiger partial charge in [0.05, 0.1) is 6.42 Å². The molecule has 0 spiro atoms. The molecule has 0 radical (unpaired) electrons. The van der Waals surface area contributed by atoms with Crippen LogP contribution in [0, 0.1) is 19.7 Å². The zero-order valence-corrected chi connectivity index (χ0v) is 17.1. The number of aryl methyl sites for hydroxylation is 2. The lowest BCUT2D eigenvalue weighted by atomic mass is 10.0. The fraction of sp³-hybridized carbons (Fsp3) is 0.348. The molecule has 0 atom stereocenters. The van der Waals surface area contributed by atoms with E-state index in [9.17, 15) is 9.18 Å². The molecule has 1 N–H and O–H groups in total. The summed E-state index contributed by atoms with van der Waals surface area (Å²) >= 11 is 0.